The minimum atomic E-state index is -2.90. The zero-order valence-corrected chi connectivity index (χ0v) is 8.57. The number of nitrogens with zero attached hydrogens (tertiary/aromatic N) is 2. The number of hydrogen-bond acceptors (Lipinski definition) is 4. The van der Waals surface area contributed by atoms with E-state index in [1.54, 1.807) is 0 Å². The van der Waals surface area contributed by atoms with Crippen molar-refractivity contribution in [1.82, 2.24) is 4.98 Å². The van der Waals surface area contributed by atoms with Crippen LogP contribution in [0, 0.1) is 10.1 Å². The van der Waals surface area contributed by atoms with Crippen LogP contribution in [-0.2, 0) is 0 Å². The summed E-state index contributed by atoms with van der Waals surface area (Å²) in [5.74, 6) is 0. The van der Waals surface area contributed by atoms with Crippen molar-refractivity contribution < 1.29 is 18.5 Å². The lowest BCUT2D eigenvalue weighted by Gasteiger charge is -2.04. The van der Waals surface area contributed by atoms with E-state index in [0.29, 0.717) is 6.20 Å². The second-order valence-electron chi connectivity index (χ2n) is 2.43. The highest BCUT2D eigenvalue weighted by Gasteiger charge is 2.24. The number of aldehydes is 1. The van der Waals surface area contributed by atoms with E-state index in [1.807, 2.05) is 0 Å². The Morgan fingerprint density at radius 1 is 1.60 bits per heavy atom. The molecule has 0 aliphatic rings. The second-order valence-corrected chi connectivity index (χ2v) is 3.22. The maximum atomic E-state index is 12.3. The van der Waals surface area contributed by atoms with E-state index in [2.05, 4.69) is 20.9 Å². The molecule has 0 fully saturated rings. The van der Waals surface area contributed by atoms with Crippen LogP contribution in [0.3, 0.4) is 0 Å². The molecular formula is C7H3BrF2N2O3. The van der Waals surface area contributed by atoms with Crippen molar-refractivity contribution in [2.45, 2.75) is 6.43 Å². The number of hydrogen-bond donors (Lipinski definition) is 0. The van der Waals surface area contributed by atoms with Crippen LogP contribution in [-0.4, -0.2) is 16.2 Å². The molecule has 1 rings (SSSR count). The van der Waals surface area contributed by atoms with E-state index in [-0.39, 0.29) is 10.8 Å². The van der Waals surface area contributed by atoms with Crippen molar-refractivity contribution in [3.05, 3.63) is 32.0 Å². The lowest BCUT2D eigenvalue weighted by Crippen LogP contribution is -2.01. The number of rotatable bonds is 3. The molecule has 0 saturated heterocycles. The molecule has 80 valence electrons. The molecule has 0 radical (unpaired) electrons. The highest BCUT2D eigenvalue weighted by Crippen LogP contribution is 2.31. The van der Waals surface area contributed by atoms with Crippen LogP contribution >= 0.6 is 15.9 Å². The number of carbonyl (C=O) groups is 1. The Morgan fingerprint density at radius 2 is 2.20 bits per heavy atom. The average molecular weight is 281 g/mol. The summed E-state index contributed by atoms with van der Waals surface area (Å²) in [5.41, 5.74) is -1.74. The van der Waals surface area contributed by atoms with E-state index < -0.39 is 28.3 Å². The fourth-order valence-electron chi connectivity index (χ4n) is 0.917. The van der Waals surface area contributed by atoms with Gasteiger partial charge in [-0.15, -0.1) is 0 Å². The van der Waals surface area contributed by atoms with E-state index >= 15 is 0 Å². The third-order valence-electron chi connectivity index (χ3n) is 1.58. The van der Waals surface area contributed by atoms with Gasteiger partial charge in [-0.25, -0.2) is 13.8 Å². The Kier molecular flexibility index (Phi) is 3.40. The quantitative estimate of drug-likeness (QED) is 0.484. The number of aromatic nitrogens is 1. The SMILES string of the molecule is O=Cc1c([N+](=O)[O-])cnc(C(F)F)c1Br. The molecule has 0 atom stereocenters. The third kappa shape index (κ3) is 2.14. The molecule has 0 unspecified atom stereocenters. The largest absolute Gasteiger partial charge is 0.299 e. The molecule has 0 aliphatic heterocycles. The van der Waals surface area contributed by atoms with Gasteiger partial charge in [-0.1, -0.05) is 0 Å². The van der Waals surface area contributed by atoms with Gasteiger partial charge in [0.25, 0.3) is 12.1 Å². The number of pyridine rings is 1. The average Bonchev–Trinajstić information content (AvgIpc) is 2.16. The summed E-state index contributed by atoms with van der Waals surface area (Å²) >= 11 is 2.68. The number of carbonyl (C=O) groups excluding carboxylic acids is 1. The zero-order valence-electron chi connectivity index (χ0n) is 6.99. The van der Waals surface area contributed by atoms with Crippen LogP contribution in [0.25, 0.3) is 0 Å². The van der Waals surface area contributed by atoms with Crippen molar-refractivity contribution in [2.75, 3.05) is 0 Å². The highest BCUT2D eigenvalue weighted by atomic mass is 79.9. The summed E-state index contributed by atoms with van der Waals surface area (Å²) in [5, 5.41) is 10.4. The lowest BCUT2D eigenvalue weighted by atomic mass is 10.2. The lowest BCUT2D eigenvalue weighted by molar-refractivity contribution is -0.385. The maximum Gasteiger partial charge on any atom is 0.299 e. The number of alkyl halides is 2. The van der Waals surface area contributed by atoms with Gasteiger partial charge < -0.3 is 0 Å². The Bertz CT molecular complexity index is 425. The summed E-state index contributed by atoms with van der Waals surface area (Å²) in [6.45, 7) is 0. The minimum absolute atomic E-state index is 0.135. The predicted molar refractivity (Wildman–Crippen MR) is 48.9 cm³/mol. The maximum absolute atomic E-state index is 12.3. The molecule has 0 aromatic carbocycles. The molecule has 1 aromatic rings. The summed E-state index contributed by atoms with van der Waals surface area (Å²) in [4.78, 5) is 23.3. The van der Waals surface area contributed by atoms with Crippen molar-refractivity contribution in [3.8, 4) is 0 Å². The van der Waals surface area contributed by atoms with Crippen LogP contribution < -0.4 is 0 Å². The predicted octanol–water partition coefficient (Wildman–Crippen LogP) is 2.50. The monoisotopic (exact) mass is 280 g/mol. The summed E-state index contributed by atoms with van der Waals surface area (Å²) in [6, 6.07) is 0. The molecule has 5 nitrogen and oxygen atoms in total. The highest BCUT2D eigenvalue weighted by molar-refractivity contribution is 9.10. The molecule has 0 saturated carbocycles. The van der Waals surface area contributed by atoms with Crippen LogP contribution in [0.4, 0.5) is 14.5 Å². The number of halogens is 3. The standard InChI is InChI=1S/C7H3BrF2N2O3/c8-5-3(2-13)4(12(14)15)1-11-6(5)7(9)10/h1-2,7H. The van der Waals surface area contributed by atoms with E-state index in [0.717, 1.165) is 0 Å². The normalized spacial score (nSPS) is 10.4. The van der Waals surface area contributed by atoms with Crippen molar-refractivity contribution in [3.63, 3.8) is 0 Å². The molecule has 0 N–H and O–H groups in total. The molecule has 0 aliphatic carbocycles. The molecule has 1 aromatic heterocycles. The van der Waals surface area contributed by atoms with E-state index in [4.69, 9.17) is 0 Å². The molecule has 8 heteroatoms. The van der Waals surface area contributed by atoms with Crippen LogP contribution in [0.5, 0.6) is 0 Å². The topological polar surface area (TPSA) is 73.1 Å². The van der Waals surface area contributed by atoms with Gasteiger partial charge in [0.15, 0.2) is 6.29 Å². The van der Waals surface area contributed by atoms with E-state index in [1.165, 1.54) is 0 Å². The minimum Gasteiger partial charge on any atom is -0.298 e. The Balaban J connectivity index is 3.45. The van der Waals surface area contributed by atoms with Gasteiger partial charge in [0, 0.05) is 0 Å². The molecule has 15 heavy (non-hydrogen) atoms. The zero-order chi connectivity index (χ0) is 11.6. The summed E-state index contributed by atoms with van der Waals surface area (Å²) in [7, 11) is 0. The molecule has 0 bridgehead atoms. The molecule has 0 spiro atoms. The van der Waals surface area contributed by atoms with E-state index in [9.17, 15) is 23.7 Å². The number of nitro groups is 1. The Labute approximate surface area is 90.4 Å². The third-order valence-corrected chi connectivity index (χ3v) is 2.42. The molecule has 0 amide bonds. The first-order chi connectivity index (χ1) is 6.99. The first-order valence-corrected chi connectivity index (χ1v) is 4.34. The fraction of sp³-hybridized carbons (Fsp3) is 0.143. The van der Waals surface area contributed by atoms with Crippen LogP contribution in [0.1, 0.15) is 22.5 Å². The first-order valence-electron chi connectivity index (χ1n) is 3.55. The van der Waals surface area contributed by atoms with Crippen molar-refractivity contribution in [1.29, 1.82) is 0 Å². The fourth-order valence-corrected chi connectivity index (χ4v) is 1.49. The van der Waals surface area contributed by atoms with Gasteiger partial charge in [0.05, 0.1) is 9.40 Å². The summed E-state index contributed by atoms with van der Waals surface area (Å²) in [6.07, 6.45) is -2.13. The summed E-state index contributed by atoms with van der Waals surface area (Å²) < 4.78 is 24.3. The smallest absolute Gasteiger partial charge is 0.298 e. The van der Waals surface area contributed by atoms with Gasteiger partial charge in [0.2, 0.25) is 0 Å². The van der Waals surface area contributed by atoms with Gasteiger partial charge >= 0.3 is 0 Å². The first kappa shape index (κ1) is 11.6. The second kappa shape index (κ2) is 4.39. The molecule has 1 heterocycles. The van der Waals surface area contributed by atoms with Gasteiger partial charge in [0.1, 0.15) is 17.5 Å². The molecular weight excluding hydrogens is 278 g/mol. The van der Waals surface area contributed by atoms with Crippen LogP contribution in [0.2, 0.25) is 0 Å². The van der Waals surface area contributed by atoms with Gasteiger partial charge in [-0.3, -0.25) is 14.9 Å². The van der Waals surface area contributed by atoms with Gasteiger partial charge in [-0.05, 0) is 15.9 Å². The van der Waals surface area contributed by atoms with Crippen molar-refractivity contribution >= 4 is 27.9 Å². The van der Waals surface area contributed by atoms with Crippen molar-refractivity contribution in [2.24, 2.45) is 0 Å². The van der Waals surface area contributed by atoms with Crippen LogP contribution in [0.15, 0.2) is 10.7 Å². The Hall–Kier alpha value is -1.44. The Morgan fingerprint density at radius 3 is 2.60 bits per heavy atom. The van der Waals surface area contributed by atoms with Gasteiger partial charge in [-0.2, -0.15) is 0 Å².